The number of Topliss-reactive ketones (excluding diaryl/α,β-unsaturated/α-hetero) is 1. The Morgan fingerprint density at radius 3 is 2.42 bits per heavy atom. The van der Waals surface area contributed by atoms with E-state index < -0.39 is 16.0 Å². The van der Waals surface area contributed by atoms with E-state index in [0.717, 1.165) is 22.9 Å². The predicted octanol–water partition coefficient (Wildman–Crippen LogP) is 2.29. The summed E-state index contributed by atoms with van der Waals surface area (Å²) in [6, 6.07) is 10.6. The Bertz CT molecular complexity index is 1010. The summed E-state index contributed by atoms with van der Waals surface area (Å²) in [6.07, 6.45) is 0.559. The van der Waals surface area contributed by atoms with Gasteiger partial charge in [-0.3, -0.25) is 4.79 Å². The molecule has 26 heavy (non-hydrogen) atoms. The number of carboxylic acid groups (broad SMARTS) is 1. The zero-order chi connectivity index (χ0) is 19.3. The van der Waals surface area contributed by atoms with Gasteiger partial charge in [-0.05, 0) is 37.3 Å². The summed E-state index contributed by atoms with van der Waals surface area (Å²) in [4.78, 5) is 20.9. The Morgan fingerprint density at radius 1 is 1.19 bits per heavy atom. The van der Waals surface area contributed by atoms with Crippen LogP contribution < -0.4 is 10.5 Å². The van der Waals surface area contributed by atoms with Gasteiger partial charge in [0.2, 0.25) is 10.0 Å². The molecule has 0 aliphatic heterocycles. The Hall–Kier alpha value is -2.91. The molecule has 0 radical (unpaired) electrons. The van der Waals surface area contributed by atoms with Crippen molar-refractivity contribution in [2.45, 2.75) is 18.2 Å². The molecular weight excluding hydrogens is 360 g/mol. The minimum absolute atomic E-state index is 0.105. The van der Waals surface area contributed by atoms with Gasteiger partial charge in [-0.25, -0.2) is 18.4 Å². The molecule has 9 heteroatoms. The normalized spacial score (nSPS) is 11.0. The molecule has 0 aliphatic rings. The van der Waals surface area contributed by atoms with Crippen LogP contribution in [0.3, 0.4) is 0 Å². The van der Waals surface area contributed by atoms with Crippen LogP contribution in [0.5, 0.6) is 0 Å². The first-order valence-corrected chi connectivity index (χ1v) is 9.13. The van der Waals surface area contributed by atoms with E-state index >= 15 is 0 Å². The molecule has 3 rings (SSSR count). The number of benzene rings is 2. The van der Waals surface area contributed by atoms with Crippen LogP contribution >= 0.6 is 0 Å². The molecule has 2 heterocycles. The first kappa shape index (κ1) is 19.4. The second-order valence-electron chi connectivity index (χ2n) is 5.52. The number of hydrogen-bond donors (Lipinski definition) is 3. The third kappa shape index (κ3) is 5.30. The van der Waals surface area contributed by atoms with E-state index in [2.05, 4.69) is 5.32 Å². The van der Waals surface area contributed by atoms with Gasteiger partial charge in [0, 0.05) is 19.0 Å². The third-order valence-electron chi connectivity index (χ3n) is 3.38. The quantitative estimate of drug-likeness (QED) is 0.598. The number of ketones is 1. The second kappa shape index (κ2) is 7.98. The van der Waals surface area contributed by atoms with Gasteiger partial charge in [0.15, 0.2) is 5.58 Å². The molecular formula is C17H18N2O6S. The molecule has 8 nitrogen and oxygen atoms in total. The summed E-state index contributed by atoms with van der Waals surface area (Å²) >= 11 is 0. The van der Waals surface area contributed by atoms with Crippen molar-refractivity contribution in [3.05, 3.63) is 48.0 Å². The van der Waals surface area contributed by atoms with Crippen molar-refractivity contribution in [2.24, 2.45) is 5.14 Å². The van der Waals surface area contributed by atoms with Crippen LogP contribution in [0.4, 0.5) is 5.69 Å². The van der Waals surface area contributed by atoms with Crippen LogP contribution in [0.1, 0.15) is 23.7 Å². The molecule has 138 valence electrons. The SMILES string of the molecule is CC(=O)CCNc1cc2ccc1o2.NS(=O)(=O)c1cccc(C(=O)O)c1. The number of fused-ring (bicyclic) bond motifs is 2. The Labute approximate surface area is 150 Å². The molecule has 0 spiro atoms. The topological polar surface area (TPSA) is 140 Å². The van der Waals surface area contributed by atoms with Gasteiger partial charge in [0.1, 0.15) is 11.4 Å². The van der Waals surface area contributed by atoms with Gasteiger partial charge in [-0.1, -0.05) is 6.07 Å². The number of hydrogen-bond acceptors (Lipinski definition) is 6. The van der Waals surface area contributed by atoms with Gasteiger partial charge in [-0.15, -0.1) is 0 Å². The van der Waals surface area contributed by atoms with Gasteiger partial charge in [0.25, 0.3) is 0 Å². The van der Waals surface area contributed by atoms with E-state index in [-0.39, 0.29) is 16.2 Å². The number of rotatable bonds is 6. The van der Waals surface area contributed by atoms with Crippen molar-refractivity contribution in [3.63, 3.8) is 0 Å². The van der Waals surface area contributed by atoms with Crippen molar-refractivity contribution in [2.75, 3.05) is 11.9 Å². The van der Waals surface area contributed by atoms with E-state index in [1.807, 2.05) is 18.2 Å². The molecule has 0 atom stereocenters. The number of sulfonamides is 1. The molecule has 0 amide bonds. The first-order valence-electron chi connectivity index (χ1n) is 7.58. The number of aromatic carboxylic acids is 1. The first-order chi connectivity index (χ1) is 12.2. The highest BCUT2D eigenvalue weighted by atomic mass is 32.2. The summed E-state index contributed by atoms with van der Waals surface area (Å²) in [6.45, 7) is 2.27. The Kier molecular flexibility index (Phi) is 5.96. The smallest absolute Gasteiger partial charge is 0.335 e. The highest BCUT2D eigenvalue weighted by Crippen LogP contribution is 2.26. The largest absolute Gasteiger partial charge is 0.478 e. The van der Waals surface area contributed by atoms with Crippen LogP contribution in [0, 0.1) is 0 Å². The van der Waals surface area contributed by atoms with Gasteiger partial charge in [-0.2, -0.15) is 0 Å². The minimum atomic E-state index is -3.82. The van der Waals surface area contributed by atoms with Crippen LogP contribution in [0.25, 0.3) is 11.2 Å². The number of nitrogens with two attached hydrogens (primary N) is 1. The van der Waals surface area contributed by atoms with Crippen molar-refractivity contribution in [3.8, 4) is 0 Å². The molecule has 0 fully saturated rings. The van der Waals surface area contributed by atoms with Crippen molar-refractivity contribution in [1.29, 1.82) is 0 Å². The average Bonchev–Trinajstić information content (AvgIpc) is 3.17. The molecule has 1 aromatic carbocycles. The lowest BCUT2D eigenvalue weighted by molar-refractivity contribution is -0.116. The summed E-state index contributed by atoms with van der Waals surface area (Å²) < 4.78 is 26.9. The van der Waals surface area contributed by atoms with Crippen LogP contribution in [0.15, 0.2) is 51.8 Å². The number of carbonyl (C=O) groups excluding carboxylic acids is 1. The molecule has 2 aromatic heterocycles. The number of nitrogens with one attached hydrogen (secondary N) is 1. The number of furan rings is 2. The summed E-state index contributed by atoms with van der Waals surface area (Å²) in [7, 11) is -3.82. The number of carbonyl (C=O) groups is 2. The lowest BCUT2D eigenvalue weighted by Gasteiger charge is -2.00. The fourth-order valence-corrected chi connectivity index (χ4v) is 2.67. The summed E-state index contributed by atoms with van der Waals surface area (Å²) in [5, 5.41) is 16.5. The fourth-order valence-electron chi connectivity index (χ4n) is 2.11. The van der Waals surface area contributed by atoms with E-state index in [0.29, 0.717) is 13.0 Å². The van der Waals surface area contributed by atoms with E-state index in [9.17, 15) is 18.0 Å². The average molecular weight is 378 g/mol. The Balaban J connectivity index is 0.000000187. The number of primary sulfonamides is 1. The van der Waals surface area contributed by atoms with Crippen molar-refractivity contribution in [1.82, 2.24) is 0 Å². The number of carboxylic acids is 1. The lowest BCUT2D eigenvalue weighted by Crippen LogP contribution is -2.12. The molecule has 0 unspecified atom stereocenters. The molecule has 0 saturated heterocycles. The minimum Gasteiger partial charge on any atom is -0.478 e. The van der Waals surface area contributed by atoms with Crippen molar-refractivity contribution < 1.29 is 27.5 Å². The van der Waals surface area contributed by atoms with Crippen LogP contribution in [-0.4, -0.2) is 31.8 Å². The van der Waals surface area contributed by atoms with Gasteiger partial charge in [0.05, 0.1) is 16.1 Å². The zero-order valence-electron chi connectivity index (χ0n) is 13.9. The zero-order valence-corrected chi connectivity index (χ0v) is 14.7. The van der Waals surface area contributed by atoms with E-state index in [1.165, 1.54) is 18.2 Å². The fraction of sp³-hybridized carbons (Fsp3) is 0.176. The van der Waals surface area contributed by atoms with E-state index in [4.69, 9.17) is 14.7 Å². The molecule has 4 N–H and O–H groups in total. The van der Waals surface area contributed by atoms with Crippen molar-refractivity contribution >= 4 is 38.6 Å². The molecule has 3 aromatic rings. The summed E-state index contributed by atoms with van der Waals surface area (Å²) in [5.74, 6) is -0.990. The maximum atomic E-state index is 10.8. The van der Waals surface area contributed by atoms with Crippen LogP contribution in [-0.2, 0) is 14.8 Å². The summed E-state index contributed by atoms with van der Waals surface area (Å²) in [5.41, 5.74) is 2.61. The molecule has 2 bridgehead atoms. The van der Waals surface area contributed by atoms with Crippen LogP contribution in [0.2, 0.25) is 0 Å². The maximum absolute atomic E-state index is 10.8. The van der Waals surface area contributed by atoms with Gasteiger partial charge < -0.3 is 14.8 Å². The highest BCUT2D eigenvalue weighted by Gasteiger charge is 2.10. The monoisotopic (exact) mass is 378 g/mol. The van der Waals surface area contributed by atoms with E-state index in [1.54, 1.807) is 6.92 Å². The second-order valence-corrected chi connectivity index (χ2v) is 7.08. The predicted molar refractivity (Wildman–Crippen MR) is 96.0 cm³/mol. The third-order valence-corrected chi connectivity index (χ3v) is 4.29. The maximum Gasteiger partial charge on any atom is 0.335 e. The molecule has 0 aliphatic carbocycles. The van der Waals surface area contributed by atoms with Gasteiger partial charge >= 0.3 is 5.97 Å². The molecule has 0 saturated carbocycles. The standard InChI is InChI=1S/C10H11NO2.C7H7NO4S/c1-7(12)4-5-11-9-6-8-2-3-10(9)13-8;8-13(11,12)6-3-1-2-5(4-6)7(9)10/h2-3,6,11H,4-5H2,1H3;1-4H,(H,9,10)(H2,8,11,12). The lowest BCUT2D eigenvalue weighted by atomic mass is 10.2. The highest BCUT2D eigenvalue weighted by molar-refractivity contribution is 7.89. The number of anilines is 1. The Morgan fingerprint density at radius 2 is 1.92 bits per heavy atom.